The van der Waals surface area contributed by atoms with Crippen molar-refractivity contribution in [2.75, 3.05) is 11.4 Å². The number of para-hydroxylation sites is 2. The van der Waals surface area contributed by atoms with Gasteiger partial charge in [-0.1, -0.05) is 66.7 Å². The zero-order valence-electron chi connectivity index (χ0n) is 16.6. The predicted octanol–water partition coefficient (Wildman–Crippen LogP) is 4.93. The highest BCUT2D eigenvalue weighted by Gasteiger charge is 2.37. The molecule has 1 amide bonds. The van der Waals surface area contributed by atoms with E-state index in [-0.39, 0.29) is 18.3 Å². The van der Waals surface area contributed by atoms with E-state index in [2.05, 4.69) is 0 Å². The van der Waals surface area contributed by atoms with Crippen molar-refractivity contribution in [2.24, 2.45) is 5.92 Å². The van der Waals surface area contributed by atoms with Crippen LogP contribution in [0.4, 0.5) is 5.69 Å². The predicted molar refractivity (Wildman–Crippen MR) is 114 cm³/mol. The van der Waals surface area contributed by atoms with Crippen LogP contribution in [0.3, 0.4) is 0 Å². The zero-order valence-corrected chi connectivity index (χ0v) is 16.6. The molecule has 3 aromatic rings. The van der Waals surface area contributed by atoms with Crippen LogP contribution in [0.5, 0.6) is 5.75 Å². The highest BCUT2D eigenvalue weighted by atomic mass is 16.5. The molecule has 0 aliphatic carbocycles. The molecule has 0 saturated carbocycles. The number of aryl methyl sites for hydroxylation is 2. The maximum absolute atomic E-state index is 12.9. The number of nitrogens with zero attached hydrogens (tertiary/aromatic N) is 1. The van der Waals surface area contributed by atoms with Crippen LogP contribution in [-0.4, -0.2) is 18.4 Å². The zero-order chi connectivity index (χ0) is 20.4. The van der Waals surface area contributed by atoms with E-state index in [1.807, 2.05) is 80.6 Å². The van der Waals surface area contributed by atoms with Gasteiger partial charge in [-0.2, -0.15) is 0 Å². The van der Waals surface area contributed by atoms with Gasteiger partial charge in [0.25, 0.3) is 0 Å². The molecule has 29 heavy (non-hydrogen) atoms. The summed E-state index contributed by atoms with van der Waals surface area (Å²) in [5.74, 6) is -0.372. The van der Waals surface area contributed by atoms with Gasteiger partial charge in [-0.3, -0.25) is 9.59 Å². The van der Waals surface area contributed by atoms with Crippen LogP contribution >= 0.6 is 0 Å². The summed E-state index contributed by atoms with van der Waals surface area (Å²) in [5, 5.41) is 0. The largest absolute Gasteiger partial charge is 0.426 e. The van der Waals surface area contributed by atoms with E-state index >= 15 is 0 Å². The standard InChI is InChI=1S/C25H23NO3/c1-17-9-8-10-18(2)24(17)26-16-20(15-23(26)27)25(28)29-22-14-7-6-13-21(22)19-11-4-3-5-12-19/h3-14,20H,15-16H2,1-2H3/t20-/m0/s1. The summed E-state index contributed by atoms with van der Waals surface area (Å²) >= 11 is 0. The molecule has 1 aliphatic rings. The van der Waals surface area contributed by atoms with Crippen LogP contribution in [0.1, 0.15) is 17.5 Å². The van der Waals surface area contributed by atoms with Crippen LogP contribution in [0, 0.1) is 19.8 Å². The van der Waals surface area contributed by atoms with Crippen molar-refractivity contribution >= 4 is 17.6 Å². The molecule has 4 nitrogen and oxygen atoms in total. The van der Waals surface area contributed by atoms with Gasteiger partial charge in [0.1, 0.15) is 5.75 Å². The molecule has 1 fully saturated rings. The molecule has 1 atom stereocenters. The highest BCUT2D eigenvalue weighted by molar-refractivity contribution is 6.01. The first-order chi connectivity index (χ1) is 14.0. The van der Waals surface area contributed by atoms with Crippen LogP contribution in [-0.2, 0) is 9.59 Å². The van der Waals surface area contributed by atoms with Crippen molar-refractivity contribution in [1.82, 2.24) is 0 Å². The van der Waals surface area contributed by atoms with Gasteiger partial charge in [0.15, 0.2) is 0 Å². The summed E-state index contributed by atoms with van der Waals surface area (Å²) in [4.78, 5) is 27.3. The van der Waals surface area contributed by atoms with Crippen molar-refractivity contribution in [3.8, 4) is 16.9 Å². The summed E-state index contributed by atoms with van der Waals surface area (Å²) < 4.78 is 5.76. The van der Waals surface area contributed by atoms with Gasteiger partial charge in [-0.05, 0) is 36.6 Å². The molecule has 0 N–H and O–H groups in total. The molecule has 4 rings (SSSR count). The Balaban J connectivity index is 1.55. The fraction of sp³-hybridized carbons (Fsp3) is 0.200. The van der Waals surface area contributed by atoms with Crippen LogP contribution in [0.25, 0.3) is 11.1 Å². The Kier molecular flexibility index (Phi) is 5.17. The van der Waals surface area contributed by atoms with Gasteiger partial charge < -0.3 is 9.64 Å². The number of carbonyl (C=O) groups excluding carboxylic acids is 2. The summed E-state index contributed by atoms with van der Waals surface area (Å²) in [6.07, 6.45) is 0.167. The molecule has 1 aliphatic heterocycles. The summed E-state index contributed by atoms with van der Waals surface area (Å²) in [5.41, 5.74) is 4.80. The third-order valence-corrected chi connectivity index (χ3v) is 5.35. The second-order valence-corrected chi connectivity index (χ2v) is 7.43. The molecule has 1 heterocycles. The molecular weight excluding hydrogens is 362 g/mol. The van der Waals surface area contributed by atoms with Gasteiger partial charge in [-0.15, -0.1) is 0 Å². The van der Waals surface area contributed by atoms with Gasteiger partial charge >= 0.3 is 5.97 Å². The van der Waals surface area contributed by atoms with E-state index in [1.54, 1.807) is 11.0 Å². The maximum Gasteiger partial charge on any atom is 0.316 e. The van der Waals surface area contributed by atoms with Crippen molar-refractivity contribution in [3.63, 3.8) is 0 Å². The topological polar surface area (TPSA) is 46.6 Å². The van der Waals surface area contributed by atoms with E-state index in [9.17, 15) is 9.59 Å². The minimum Gasteiger partial charge on any atom is -0.426 e. The number of amides is 1. The molecule has 0 radical (unpaired) electrons. The Morgan fingerprint density at radius 3 is 2.28 bits per heavy atom. The van der Waals surface area contributed by atoms with E-state index in [4.69, 9.17) is 4.74 Å². The SMILES string of the molecule is Cc1cccc(C)c1N1C[C@@H](C(=O)Oc2ccccc2-c2ccccc2)CC1=O. The van der Waals surface area contributed by atoms with Gasteiger partial charge in [0, 0.05) is 24.2 Å². The Morgan fingerprint density at radius 2 is 1.55 bits per heavy atom. The molecule has 0 spiro atoms. The quantitative estimate of drug-likeness (QED) is 0.473. The number of hydrogen-bond donors (Lipinski definition) is 0. The first kappa shape index (κ1) is 18.9. The molecule has 0 unspecified atom stereocenters. The Hall–Kier alpha value is -3.40. The summed E-state index contributed by atoms with van der Waals surface area (Å²) in [6, 6.07) is 23.2. The first-order valence-electron chi connectivity index (χ1n) is 9.77. The van der Waals surface area contributed by atoms with Gasteiger partial charge in [-0.25, -0.2) is 0 Å². The van der Waals surface area contributed by atoms with Crippen LogP contribution < -0.4 is 9.64 Å². The lowest BCUT2D eigenvalue weighted by molar-refractivity contribution is -0.139. The van der Waals surface area contributed by atoms with Gasteiger partial charge in [0.2, 0.25) is 5.91 Å². The molecule has 146 valence electrons. The summed E-state index contributed by atoms with van der Waals surface area (Å²) in [6.45, 7) is 4.31. The minimum atomic E-state index is -0.481. The summed E-state index contributed by atoms with van der Waals surface area (Å²) in [7, 11) is 0. The average molecular weight is 385 g/mol. The lowest BCUT2D eigenvalue weighted by Crippen LogP contribution is -2.28. The van der Waals surface area contributed by atoms with Gasteiger partial charge in [0.05, 0.1) is 5.92 Å². The highest BCUT2D eigenvalue weighted by Crippen LogP contribution is 2.33. The number of hydrogen-bond acceptors (Lipinski definition) is 3. The maximum atomic E-state index is 12.9. The lowest BCUT2D eigenvalue weighted by atomic mass is 10.0. The molecule has 0 bridgehead atoms. The Morgan fingerprint density at radius 1 is 0.897 bits per heavy atom. The average Bonchev–Trinajstić information content (AvgIpc) is 3.10. The molecular formula is C25H23NO3. The van der Waals surface area contributed by atoms with E-state index in [0.29, 0.717) is 12.3 Å². The number of esters is 1. The van der Waals surface area contributed by atoms with Crippen LogP contribution in [0.2, 0.25) is 0 Å². The Bertz CT molecular complexity index is 1040. The number of carbonyl (C=O) groups is 2. The number of ether oxygens (including phenoxy) is 1. The van der Waals surface area contributed by atoms with Crippen molar-refractivity contribution in [2.45, 2.75) is 20.3 Å². The van der Waals surface area contributed by atoms with Crippen molar-refractivity contribution < 1.29 is 14.3 Å². The third-order valence-electron chi connectivity index (χ3n) is 5.35. The van der Waals surface area contributed by atoms with E-state index in [1.165, 1.54) is 0 Å². The van der Waals surface area contributed by atoms with Crippen molar-refractivity contribution in [3.05, 3.63) is 83.9 Å². The molecule has 3 aromatic carbocycles. The normalized spacial score (nSPS) is 16.1. The second-order valence-electron chi connectivity index (χ2n) is 7.43. The minimum absolute atomic E-state index is 0.0410. The van der Waals surface area contributed by atoms with Crippen LogP contribution in [0.15, 0.2) is 72.8 Å². The number of benzene rings is 3. The fourth-order valence-corrected chi connectivity index (χ4v) is 3.92. The number of rotatable bonds is 4. The van der Waals surface area contributed by atoms with Crippen molar-refractivity contribution in [1.29, 1.82) is 0 Å². The molecule has 1 saturated heterocycles. The van der Waals surface area contributed by atoms with E-state index < -0.39 is 5.92 Å². The first-order valence-corrected chi connectivity index (χ1v) is 9.77. The monoisotopic (exact) mass is 385 g/mol. The Labute approximate surface area is 170 Å². The smallest absolute Gasteiger partial charge is 0.316 e. The third kappa shape index (κ3) is 3.79. The fourth-order valence-electron chi connectivity index (χ4n) is 3.92. The van der Waals surface area contributed by atoms with E-state index in [0.717, 1.165) is 27.9 Å². The molecule has 0 aromatic heterocycles. The number of anilines is 1. The second kappa shape index (κ2) is 7.92. The lowest BCUT2D eigenvalue weighted by Gasteiger charge is -2.21. The molecule has 4 heteroatoms.